The second-order valence-electron chi connectivity index (χ2n) is 14.3. The molecule has 9 rings (SSSR count). The lowest BCUT2D eigenvalue weighted by Gasteiger charge is -2.15. The molecule has 4 heterocycles. The number of nitrogens with zero attached hydrogens (tertiary/aromatic N) is 2. The van der Waals surface area contributed by atoms with Crippen LogP contribution in [-0.2, 0) is 0 Å². The fourth-order valence-corrected chi connectivity index (χ4v) is 7.83. The van der Waals surface area contributed by atoms with Crippen molar-refractivity contribution >= 4 is 57.6 Å². The number of aromatic amines is 1. The predicted octanol–water partition coefficient (Wildman–Crippen LogP) is 9.23. The van der Waals surface area contributed by atoms with Crippen molar-refractivity contribution < 1.29 is 39.6 Å². The number of benzene rings is 4. The van der Waals surface area contributed by atoms with Crippen molar-refractivity contribution in [3.8, 4) is 0 Å². The van der Waals surface area contributed by atoms with Crippen molar-refractivity contribution in [3.05, 3.63) is 224 Å². The largest absolute Gasteiger partial charge is 0.478 e. The molecule has 5 aromatic rings. The van der Waals surface area contributed by atoms with Gasteiger partial charge in [-0.2, -0.15) is 0 Å². The van der Waals surface area contributed by atoms with Gasteiger partial charge in [-0.3, -0.25) is 0 Å². The molecule has 11 nitrogen and oxygen atoms in total. The molecule has 0 saturated heterocycles. The molecule has 8 bridgehead atoms. The van der Waals surface area contributed by atoms with Crippen LogP contribution in [0.5, 0.6) is 0 Å². The van der Waals surface area contributed by atoms with E-state index in [9.17, 15) is 39.6 Å². The minimum atomic E-state index is -1.06. The molecule has 1 aromatic heterocycles. The second kappa shape index (κ2) is 14.8. The van der Waals surface area contributed by atoms with E-state index >= 15 is 0 Å². The Bertz CT molecular complexity index is 2800. The molecule has 60 heavy (non-hydrogen) atoms. The summed E-state index contributed by atoms with van der Waals surface area (Å²) in [4.78, 5) is 61.4. The number of allylic oxidation sites excluding steroid dienone is 10. The summed E-state index contributed by atoms with van der Waals surface area (Å²) in [5.74, 6) is -4.21. The first-order chi connectivity index (χ1) is 29.0. The Kier molecular flexibility index (Phi) is 9.17. The van der Waals surface area contributed by atoms with E-state index < -0.39 is 23.9 Å². The number of aromatic carboxylic acids is 4. The van der Waals surface area contributed by atoms with Gasteiger partial charge in [-0.05, 0) is 125 Å². The van der Waals surface area contributed by atoms with Gasteiger partial charge in [-0.15, -0.1) is 0 Å². The highest BCUT2D eigenvalue weighted by atomic mass is 16.4. The average Bonchev–Trinajstić information content (AvgIpc) is 4.10. The summed E-state index contributed by atoms with van der Waals surface area (Å²) in [7, 11) is 0. The van der Waals surface area contributed by atoms with E-state index in [0.29, 0.717) is 62.9 Å². The molecule has 0 radical (unpaired) electrons. The summed E-state index contributed by atoms with van der Waals surface area (Å²) in [6.07, 6.45) is 12.0. The minimum Gasteiger partial charge on any atom is -0.478 e. The first-order valence-corrected chi connectivity index (χ1v) is 18.7. The van der Waals surface area contributed by atoms with Gasteiger partial charge in [0.2, 0.25) is 0 Å². The standard InChI is InChI=1S/C49H31N3O8/c53-46(54)30-9-1-26(2-10-30)42-34-17-18-35(25-34)43(27-3-11-31(12-4-27)47(55)56)37-20-22-39(51-37)45(29-7-15-33(16-8-29)49(59)60)41-24-23-40(52-41)44(38-21-19-36(42)50-38)28-5-13-32(14-6-28)48(57)58/h1-24,52H,25H2,(H,53,54)(H,55,56)(H,57,58)(H,59,60). The van der Waals surface area contributed by atoms with E-state index in [0.717, 1.165) is 33.4 Å². The Labute approximate surface area is 341 Å². The quantitative estimate of drug-likeness (QED) is 0.103. The fraction of sp³-hybridized carbons (Fsp3) is 0.0204. The molecule has 0 atom stereocenters. The van der Waals surface area contributed by atoms with E-state index in [4.69, 9.17) is 9.98 Å². The van der Waals surface area contributed by atoms with Crippen LogP contribution < -0.4 is 0 Å². The van der Waals surface area contributed by atoms with Crippen molar-refractivity contribution in [3.63, 3.8) is 0 Å². The van der Waals surface area contributed by atoms with Crippen molar-refractivity contribution in [1.29, 1.82) is 0 Å². The van der Waals surface area contributed by atoms with Crippen LogP contribution in [0.25, 0.3) is 22.3 Å². The van der Waals surface area contributed by atoms with Crippen molar-refractivity contribution in [2.75, 3.05) is 0 Å². The van der Waals surface area contributed by atoms with E-state index in [1.54, 1.807) is 72.8 Å². The topological polar surface area (TPSA) is 190 Å². The summed E-state index contributed by atoms with van der Waals surface area (Å²) >= 11 is 0. The number of carboxylic acids is 4. The zero-order valence-corrected chi connectivity index (χ0v) is 31.4. The first kappa shape index (κ1) is 37.2. The Morgan fingerprint density at radius 3 is 0.983 bits per heavy atom. The normalized spacial score (nSPS) is 15.5. The SMILES string of the molecule is O=C(O)c1ccc(C2=C3C=CC(=C(c4ccc(C(=O)O)cc4)C4=NC(=C(c5ccc(C(=O)O)cc5)c5ccc([nH]5)C(c5ccc(C(=O)O)cc5)=C5C=CC2=N5)C=C4)C3)cc1. The number of H-pyrrole nitrogens is 1. The third kappa shape index (κ3) is 6.75. The molecule has 290 valence electrons. The molecule has 1 aliphatic carbocycles. The van der Waals surface area contributed by atoms with Gasteiger partial charge in [-0.1, -0.05) is 60.7 Å². The van der Waals surface area contributed by atoms with Crippen LogP contribution in [0.3, 0.4) is 0 Å². The van der Waals surface area contributed by atoms with Gasteiger partial charge in [0.1, 0.15) is 0 Å². The predicted molar refractivity (Wildman–Crippen MR) is 227 cm³/mol. The molecule has 4 aromatic carbocycles. The van der Waals surface area contributed by atoms with E-state index in [1.165, 1.54) is 24.3 Å². The lowest BCUT2D eigenvalue weighted by atomic mass is 9.91. The van der Waals surface area contributed by atoms with Crippen molar-refractivity contribution in [1.82, 2.24) is 4.98 Å². The first-order valence-electron chi connectivity index (χ1n) is 18.7. The van der Waals surface area contributed by atoms with Gasteiger partial charge in [0.15, 0.2) is 0 Å². The number of aromatic nitrogens is 1. The lowest BCUT2D eigenvalue weighted by Crippen LogP contribution is -2.04. The maximum Gasteiger partial charge on any atom is 0.335 e. The summed E-state index contributed by atoms with van der Waals surface area (Å²) in [5, 5.41) is 38.7. The van der Waals surface area contributed by atoms with Gasteiger partial charge in [-0.25, -0.2) is 29.2 Å². The smallest absolute Gasteiger partial charge is 0.335 e. The molecule has 0 saturated carbocycles. The van der Waals surface area contributed by atoms with E-state index in [2.05, 4.69) is 4.98 Å². The number of fused-ring (bicyclic) bond motifs is 6. The van der Waals surface area contributed by atoms with Gasteiger partial charge in [0.25, 0.3) is 0 Å². The number of carboxylic acid groups (broad SMARTS) is 4. The van der Waals surface area contributed by atoms with Crippen molar-refractivity contribution in [2.45, 2.75) is 6.42 Å². The highest BCUT2D eigenvalue weighted by molar-refractivity contribution is 6.34. The van der Waals surface area contributed by atoms with Gasteiger partial charge < -0.3 is 25.4 Å². The van der Waals surface area contributed by atoms with Crippen LogP contribution in [0.2, 0.25) is 0 Å². The Hall–Kier alpha value is -8.44. The second-order valence-corrected chi connectivity index (χ2v) is 14.3. The lowest BCUT2D eigenvalue weighted by molar-refractivity contribution is 0.0686. The molecular formula is C49H31N3O8. The monoisotopic (exact) mass is 789 g/mol. The highest BCUT2D eigenvalue weighted by Gasteiger charge is 2.27. The van der Waals surface area contributed by atoms with Crippen LogP contribution in [-0.4, -0.2) is 60.7 Å². The van der Waals surface area contributed by atoms with Gasteiger partial charge in [0.05, 0.1) is 45.1 Å². The minimum absolute atomic E-state index is 0.125. The summed E-state index contributed by atoms with van der Waals surface area (Å²) in [6.45, 7) is 0. The molecule has 0 spiro atoms. The molecule has 0 amide bonds. The molecular weight excluding hydrogens is 759 g/mol. The number of nitrogens with one attached hydrogen (secondary N) is 1. The third-order valence-electron chi connectivity index (χ3n) is 10.7. The van der Waals surface area contributed by atoms with Crippen LogP contribution in [0, 0.1) is 0 Å². The number of carbonyl (C=O) groups is 4. The van der Waals surface area contributed by atoms with Gasteiger partial charge in [0, 0.05) is 33.7 Å². The zero-order chi connectivity index (χ0) is 41.7. The van der Waals surface area contributed by atoms with Gasteiger partial charge >= 0.3 is 23.9 Å². The van der Waals surface area contributed by atoms with Crippen molar-refractivity contribution in [2.24, 2.45) is 9.98 Å². The molecule has 3 aliphatic heterocycles. The summed E-state index contributed by atoms with van der Waals surface area (Å²) in [5.41, 5.74) is 11.9. The number of hydrogen-bond acceptors (Lipinski definition) is 6. The summed E-state index contributed by atoms with van der Waals surface area (Å²) in [6, 6.07) is 30.2. The molecule has 0 unspecified atom stereocenters. The summed E-state index contributed by atoms with van der Waals surface area (Å²) < 4.78 is 0. The zero-order valence-electron chi connectivity index (χ0n) is 31.4. The maximum absolute atomic E-state index is 11.8. The molecule has 4 aliphatic rings. The number of rotatable bonds is 8. The third-order valence-corrected chi connectivity index (χ3v) is 10.7. The van der Waals surface area contributed by atoms with Crippen LogP contribution in [0.1, 0.15) is 81.5 Å². The molecule has 5 N–H and O–H groups in total. The maximum atomic E-state index is 11.8. The fourth-order valence-electron chi connectivity index (χ4n) is 7.83. The molecule has 0 fully saturated rings. The van der Waals surface area contributed by atoms with Crippen LogP contribution in [0.15, 0.2) is 178 Å². The van der Waals surface area contributed by atoms with E-state index in [-0.39, 0.29) is 22.3 Å². The highest BCUT2D eigenvalue weighted by Crippen LogP contribution is 2.41. The number of aliphatic imine (C=N–C) groups is 2. The van der Waals surface area contributed by atoms with E-state index in [1.807, 2.05) is 48.6 Å². The Morgan fingerprint density at radius 2 is 0.683 bits per heavy atom. The molecule has 11 heteroatoms. The Morgan fingerprint density at radius 1 is 0.383 bits per heavy atom. The van der Waals surface area contributed by atoms with Crippen LogP contribution >= 0.6 is 0 Å². The Balaban J connectivity index is 1.33. The number of hydrogen-bond donors (Lipinski definition) is 5. The average molecular weight is 790 g/mol. The van der Waals surface area contributed by atoms with Crippen LogP contribution in [0.4, 0.5) is 0 Å².